The van der Waals surface area contributed by atoms with Crippen LogP contribution in [0.4, 0.5) is 10.5 Å². The molecule has 1 aliphatic rings. The van der Waals surface area contributed by atoms with Gasteiger partial charge in [0.1, 0.15) is 0 Å². The molecule has 0 heterocycles. The molecule has 0 spiro atoms. The zero-order valence-electron chi connectivity index (χ0n) is 12.0. The molecule has 2 atom stereocenters. The third-order valence-electron chi connectivity index (χ3n) is 3.71. The number of hydrogen-bond acceptors (Lipinski definition) is 2. The van der Waals surface area contributed by atoms with E-state index in [2.05, 4.69) is 17.6 Å². The number of carboxylic acids is 1. The lowest BCUT2D eigenvalue weighted by Crippen LogP contribution is -2.32. The van der Waals surface area contributed by atoms with Gasteiger partial charge in [0.15, 0.2) is 0 Å². The molecule has 0 aromatic heterocycles. The number of hydrogen-bond donors (Lipinski definition) is 3. The highest BCUT2D eigenvalue weighted by Crippen LogP contribution is 2.33. The van der Waals surface area contributed by atoms with Crippen LogP contribution in [-0.2, 0) is 0 Å². The van der Waals surface area contributed by atoms with E-state index in [1.807, 2.05) is 13.0 Å². The van der Waals surface area contributed by atoms with E-state index in [1.165, 1.54) is 0 Å². The van der Waals surface area contributed by atoms with Gasteiger partial charge >= 0.3 is 12.0 Å². The Morgan fingerprint density at radius 3 is 2.60 bits per heavy atom. The first-order chi connectivity index (χ1) is 9.42. The molecule has 0 aliphatic heterocycles. The Labute approximate surface area is 118 Å². The first-order valence-corrected chi connectivity index (χ1v) is 6.84. The van der Waals surface area contributed by atoms with Crippen LogP contribution in [0.15, 0.2) is 12.1 Å². The molecule has 0 bridgehead atoms. The number of carboxylic acid groups (broad SMARTS) is 1. The zero-order valence-corrected chi connectivity index (χ0v) is 12.0. The lowest BCUT2D eigenvalue weighted by atomic mass is 10.0. The van der Waals surface area contributed by atoms with Gasteiger partial charge in [0.25, 0.3) is 0 Å². The summed E-state index contributed by atoms with van der Waals surface area (Å²) in [6, 6.07) is 3.31. The number of benzene rings is 1. The van der Waals surface area contributed by atoms with Crippen molar-refractivity contribution in [1.82, 2.24) is 5.32 Å². The summed E-state index contributed by atoms with van der Waals surface area (Å²) in [7, 11) is 0. The average Bonchev–Trinajstić information content (AvgIpc) is 3.10. The normalized spacial score (nSPS) is 20.4. The molecule has 1 saturated carbocycles. The van der Waals surface area contributed by atoms with Crippen LogP contribution in [0, 0.1) is 19.8 Å². The molecule has 2 unspecified atom stereocenters. The molecule has 20 heavy (non-hydrogen) atoms. The topological polar surface area (TPSA) is 78.4 Å². The lowest BCUT2D eigenvalue weighted by Gasteiger charge is -2.13. The second kappa shape index (κ2) is 5.53. The molecule has 1 aliphatic carbocycles. The standard InChI is InChI=1S/C15H20N2O3/c1-4-10-7-12(10)16-15(20)17-13-9(3)5-8(2)6-11(13)14(18)19/h5-6,10,12H,4,7H2,1-3H3,(H,18,19)(H2,16,17,20). The van der Waals surface area contributed by atoms with Gasteiger partial charge in [0.05, 0.1) is 11.3 Å². The summed E-state index contributed by atoms with van der Waals surface area (Å²) in [5, 5.41) is 14.8. The van der Waals surface area contributed by atoms with E-state index >= 15 is 0 Å². The van der Waals surface area contributed by atoms with E-state index in [1.54, 1.807) is 13.0 Å². The van der Waals surface area contributed by atoms with Crippen molar-refractivity contribution < 1.29 is 14.7 Å². The van der Waals surface area contributed by atoms with Gasteiger partial charge in [-0.3, -0.25) is 0 Å². The molecule has 0 saturated heterocycles. The fourth-order valence-corrected chi connectivity index (χ4v) is 2.50. The van der Waals surface area contributed by atoms with Crippen LogP contribution in [0.5, 0.6) is 0 Å². The summed E-state index contributed by atoms with van der Waals surface area (Å²) in [5.41, 5.74) is 2.11. The van der Waals surface area contributed by atoms with Crippen LogP contribution in [-0.4, -0.2) is 23.1 Å². The Bertz CT molecular complexity index is 554. The maximum Gasteiger partial charge on any atom is 0.337 e. The minimum absolute atomic E-state index is 0.125. The third-order valence-corrected chi connectivity index (χ3v) is 3.71. The molecule has 2 rings (SSSR count). The van der Waals surface area contributed by atoms with Gasteiger partial charge in [0.2, 0.25) is 0 Å². The fraction of sp³-hybridized carbons (Fsp3) is 0.467. The number of anilines is 1. The molecule has 3 N–H and O–H groups in total. The van der Waals surface area contributed by atoms with Crippen molar-refractivity contribution in [3.63, 3.8) is 0 Å². The number of aryl methyl sites for hydroxylation is 2. The highest BCUT2D eigenvalue weighted by atomic mass is 16.4. The molecule has 1 fully saturated rings. The van der Waals surface area contributed by atoms with Crippen LogP contribution >= 0.6 is 0 Å². The van der Waals surface area contributed by atoms with E-state index in [0.29, 0.717) is 11.6 Å². The first kappa shape index (κ1) is 14.4. The van der Waals surface area contributed by atoms with Crippen molar-refractivity contribution in [1.29, 1.82) is 0 Å². The van der Waals surface area contributed by atoms with Crippen molar-refractivity contribution in [3.05, 3.63) is 28.8 Å². The molecule has 0 radical (unpaired) electrons. The largest absolute Gasteiger partial charge is 0.478 e. The van der Waals surface area contributed by atoms with Crippen LogP contribution in [0.25, 0.3) is 0 Å². The van der Waals surface area contributed by atoms with Crippen molar-refractivity contribution >= 4 is 17.7 Å². The van der Waals surface area contributed by atoms with Crippen LogP contribution in [0.3, 0.4) is 0 Å². The lowest BCUT2D eigenvalue weighted by molar-refractivity contribution is 0.0698. The highest BCUT2D eigenvalue weighted by Gasteiger charge is 2.36. The van der Waals surface area contributed by atoms with E-state index in [-0.39, 0.29) is 17.6 Å². The summed E-state index contributed by atoms with van der Waals surface area (Å²) < 4.78 is 0. The molecule has 2 amide bonds. The molecule has 1 aromatic rings. The minimum atomic E-state index is -1.04. The Morgan fingerprint density at radius 2 is 2.05 bits per heavy atom. The van der Waals surface area contributed by atoms with Gasteiger partial charge in [-0.2, -0.15) is 0 Å². The van der Waals surface area contributed by atoms with Gasteiger partial charge in [-0.05, 0) is 43.4 Å². The number of carbonyl (C=O) groups excluding carboxylic acids is 1. The van der Waals surface area contributed by atoms with Gasteiger partial charge in [-0.15, -0.1) is 0 Å². The number of carbonyl (C=O) groups is 2. The van der Waals surface area contributed by atoms with Crippen LogP contribution in [0.2, 0.25) is 0 Å². The van der Waals surface area contributed by atoms with Crippen molar-refractivity contribution in [2.45, 2.75) is 39.7 Å². The van der Waals surface area contributed by atoms with E-state index in [0.717, 1.165) is 24.0 Å². The van der Waals surface area contributed by atoms with Gasteiger partial charge in [0, 0.05) is 6.04 Å². The molecular weight excluding hydrogens is 256 g/mol. The smallest absolute Gasteiger partial charge is 0.337 e. The minimum Gasteiger partial charge on any atom is -0.478 e. The Hall–Kier alpha value is -2.04. The maximum absolute atomic E-state index is 11.9. The monoisotopic (exact) mass is 276 g/mol. The zero-order chi connectivity index (χ0) is 14.9. The van der Waals surface area contributed by atoms with E-state index in [4.69, 9.17) is 0 Å². The highest BCUT2D eigenvalue weighted by molar-refractivity contribution is 6.01. The molecule has 5 nitrogen and oxygen atoms in total. The Morgan fingerprint density at radius 1 is 1.35 bits per heavy atom. The molecule has 108 valence electrons. The summed E-state index contributed by atoms with van der Waals surface area (Å²) in [5.74, 6) is -0.483. The Balaban J connectivity index is 2.12. The quantitative estimate of drug-likeness (QED) is 0.791. The van der Waals surface area contributed by atoms with Crippen LogP contribution in [0.1, 0.15) is 41.3 Å². The van der Waals surface area contributed by atoms with Crippen molar-refractivity contribution in [3.8, 4) is 0 Å². The second-order valence-electron chi connectivity index (χ2n) is 5.42. The Kier molecular flexibility index (Phi) is 3.97. The first-order valence-electron chi connectivity index (χ1n) is 6.84. The number of amides is 2. The fourth-order valence-electron chi connectivity index (χ4n) is 2.50. The summed E-state index contributed by atoms with van der Waals surface area (Å²) in [6.45, 7) is 5.72. The number of nitrogens with one attached hydrogen (secondary N) is 2. The van der Waals surface area contributed by atoms with Crippen molar-refractivity contribution in [2.75, 3.05) is 5.32 Å². The third kappa shape index (κ3) is 3.10. The second-order valence-corrected chi connectivity index (χ2v) is 5.42. The molecule has 1 aromatic carbocycles. The SMILES string of the molecule is CCC1CC1NC(=O)Nc1c(C)cc(C)cc1C(=O)O. The molecule has 5 heteroatoms. The number of aromatic carboxylic acids is 1. The molecular formula is C15H20N2O3. The predicted molar refractivity (Wildman–Crippen MR) is 77.2 cm³/mol. The summed E-state index contributed by atoms with van der Waals surface area (Å²) in [6.07, 6.45) is 2.05. The summed E-state index contributed by atoms with van der Waals surface area (Å²) in [4.78, 5) is 23.2. The number of urea groups is 1. The van der Waals surface area contributed by atoms with Gasteiger partial charge in [-0.25, -0.2) is 9.59 Å². The maximum atomic E-state index is 11.9. The average molecular weight is 276 g/mol. The van der Waals surface area contributed by atoms with Crippen molar-refractivity contribution in [2.24, 2.45) is 5.92 Å². The van der Waals surface area contributed by atoms with E-state index < -0.39 is 5.97 Å². The van der Waals surface area contributed by atoms with Crippen LogP contribution < -0.4 is 10.6 Å². The van der Waals surface area contributed by atoms with Gasteiger partial charge in [-0.1, -0.05) is 19.4 Å². The van der Waals surface area contributed by atoms with Gasteiger partial charge < -0.3 is 15.7 Å². The predicted octanol–water partition coefficient (Wildman–Crippen LogP) is 2.92. The number of rotatable bonds is 4. The van der Waals surface area contributed by atoms with E-state index in [9.17, 15) is 14.7 Å². The summed E-state index contributed by atoms with van der Waals surface area (Å²) >= 11 is 0.